The summed E-state index contributed by atoms with van der Waals surface area (Å²) in [4.78, 5) is 2.18. The summed E-state index contributed by atoms with van der Waals surface area (Å²) in [6, 6.07) is 4.46. The van der Waals surface area contributed by atoms with E-state index in [-0.39, 0.29) is 4.47 Å². The monoisotopic (exact) mass is 349 g/mol. The van der Waals surface area contributed by atoms with E-state index in [2.05, 4.69) is 34.7 Å². The van der Waals surface area contributed by atoms with Gasteiger partial charge in [0.1, 0.15) is 5.82 Å². The van der Waals surface area contributed by atoms with Gasteiger partial charge in [0.15, 0.2) is 0 Å². The quantitative estimate of drug-likeness (QED) is 0.757. The van der Waals surface area contributed by atoms with Crippen molar-refractivity contribution < 1.29 is 13.2 Å². The Hall–Kier alpha value is -0.550. The Morgan fingerprint density at radius 2 is 1.85 bits per heavy atom. The Balaban J connectivity index is 2.17. The van der Waals surface area contributed by atoms with E-state index in [1.54, 1.807) is 0 Å². The van der Waals surface area contributed by atoms with E-state index >= 15 is 0 Å². The molecule has 0 spiro atoms. The number of alkyl halides is 2. The average molecular weight is 350 g/mol. The van der Waals surface area contributed by atoms with Crippen LogP contribution in [0.1, 0.15) is 32.3 Å². The lowest BCUT2D eigenvalue weighted by molar-refractivity contribution is -0.0899. The summed E-state index contributed by atoms with van der Waals surface area (Å²) in [5.41, 5.74) is -0.491. The van der Waals surface area contributed by atoms with Gasteiger partial charge in [-0.25, -0.2) is 13.2 Å². The number of benzene rings is 1. The highest BCUT2D eigenvalue weighted by Gasteiger charge is 2.44. The van der Waals surface area contributed by atoms with Gasteiger partial charge in [0, 0.05) is 12.0 Å². The normalized spacial score (nSPS) is 18.8. The second kappa shape index (κ2) is 6.06. The van der Waals surface area contributed by atoms with Crippen LogP contribution in [0.4, 0.5) is 13.2 Å². The topological polar surface area (TPSA) is 3.24 Å². The molecule has 0 bridgehead atoms. The third-order valence-electron chi connectivity index (χ3n) is 4.08. The summed E-state index contributed by atoms with van der Waals surface area (Å²) < 4.78 is 43.1. The molecule has 0 unspecified atom stereocenters. The van der Waals surface area contributed by atoms with E-state index in [9.17, 15) is 13.2 Å². The molecule has 112 valence electrons. The van der Waals surface area contributed by atoms with Crippen molar-refractivity contribution in [1.82, 2.24) is 4.90 Å². The van der Waals surface area contributed by atoms with E-state index in [4.69, 9.17) is 0 Å². The molecule has 0 aromatic heterocycles. The molecule has 0 amide bonds. The minimum Gasteiger partial charge on any atom is -0.301 e. The van der Waals surface area contributed by atoms with E-state index in [1.807, 2.05) is 0 Å². The third kappa shape index (κ3) is 3.03. The van der Waals surface area contributed by atoms with Crippen LogP contribution in [0.15, 0.2) is 22.7 Å². The fraction of sp³-hybridized carbons (Fsp3) is 0.600. The van der Waals surface area contributed by atoms with Crippen LogP contribution in [0.3, 0.4) is 0 Å². The van der Waals surface area contributed by atoms with E-state index in [1.165, 1.54) is 18.2 Å². The predicted molar refractivity (Wildman–Crippen MR) is 77.4 cm³/mol. The molecule has 0 radical (unpaired) electrons. The Morgan fingerprint density at radius 3 is 2.40 bits per heavy atom. The molecule has 5 heteroatoms. The van der Waals surface area contributed by atoms with Crippen molar-refractivity contribution in [3.63, 3.8) is 0 Å². The maximum atomic E-state index is 14.5. The van der Waals surface area contributed by atoms with Crippen molar-refractivity contribution in [2.45, 2.75) is 38.7 Å². The molecule has 1 heterocycles. The van der Waals surface area contributed by atoms with Crippen LogP contribution in [-0.2, 0) is 5.92 Å². The highest BCUT2D eigenvalue weighted by molar-refractivity contribution is 9.10. The molecule has 1 aliphatic heterocycles. The summed E-state index contributed by atoms with van der Waals surface area (Å²) in [6.45, 7) is 5.42. The zero-order valence-electron chi connectivity index (χ0n) is 11.7. The third-order valence-corrected chi connectivity index (χ3v) is 4.70. The predicted octanol–water partition coefficient (Wildman–Crippen LogP) is 4.80. The summed E-state index contributed by atoms with van der Waals surface area (Å²) in [5.74, 6) is -4.75. The summed E-state index contributed by atoms with van der Waals surface area (Å²) >= 11 is 2.97. The van der Waals surface area contributed by atoms with E-state index in [0.717, 1.165) is 0 Å². The zero-order chi connectivity index (χ0) is 14.9. The van der Waals surface area contributed by atoms with Gasteiger partial charge in [-0.2, -0.15) is 0 Å². The molecule has 0 N–H and O–H groups in total. The Labute approximate surface area is 126 Å². The highest BCUT2D eigenvalue weighted by atomic mass is 79.9. The van der Waals surface area contributed by atoms with E-state index < -0.39 is 23.2 Å². The first-order valence-electron chi connectivity index (χ1n) is 6.90. The molecule has 2 rings (SSSR count). The van der Waals surface area contributed by atoms with Gasteiger partial charge in [0.05, 0.1) is 10.0 Å². The van der Waals surface area contributed by atoms with Crippen molar-refractivity contribution in [2.24, 2.45) is 5.92 Å². The summed E-state index contributed by atoms with van der Waals surface area (Å²) in [6.07, 6.45) is 0.800. The second-order valence-electron chi connectivity index (χ2n) is 5.63. The largest absolute Gasteiger partial charge is 0.301 e. The fourth-order valence-electron chi connectivity index (χ4n) is 2.76. The van der Waals surface area contributed by atoms with Gasteiger partial charge in [-0.3, -0.25) is 0 Å². The average Bonchev–Trinajstić information content (AvgIpc) is 2.41. The van der Waals surface area contributed by atoms with Gasteiger partial charge in [-0.05, 0) is 67.8 Å². The van der Waals surface area contributed by atoms with Gasteiger partial charge in [-0.1, -0.05) is 6.07 Å². The maximum Gasteiger partial charge on any atom is 0.278 e. The van der Waals surface area contributed by atoms with Crippen LogP contribution in [0.25, 0.3) is 0 Å². The molecule has 1 aliphatic rings. The van der Waals surface area contributed by atoms with Crippen LogP contribution < -0.4 is 0 Å². The summed E-state index contributed by atoms with van der Waals surface area (Å²) in [7, 11) is 0. The van der Waals surface area contributed by atoms with Gasteiger partial charge < -0.3 is 4.90 Å². The van der Waals surface area contributed by atoms with Crippen molar-refractivity contribution in [3.8, 4) is 0 Å². The lowest BCUT2D eigenvalue weighted by Crippen LogP contribution is -2.42. The van der Waals surface area contributed by atoms with Crippen LogP contribution >= 0.6 is 15.9 Å². The first-order valence-corrected chi connectivity index (χ1v) is 7.69. The van der Waals surface area contributed by atoms with Crippen LogP contribution in [0, 0.1) is 11.7 Å². The number of rotatable bonds is 3. The highest BCUT2D eigenvalue weighted by Crippen LogP contribution is 2.43. The van der Waals surface area contributed by atoms with Crippen molar-refractivity contribution in [3.05, 3.63) is 34.1 Å². The first-order chi connectivity index (χ1) is 9.34. The second-order valence-corrected chi connectivity index (χ2v) is 6.48. The first kappa shape index (κ1) is 15.8. The molecule has 1 aromatic rings. The molecule has 1 nitrogen and oxygen atoms in total. The Bertz CT molecular complexity index is 468. The number of likely N-dealkylation sites (tertiary alicyclic amines) is 1. The molecule has 0 atom stereocenters. The standard InChI is InChI=1S/C15H19BrF3N/c1-10(2)20-8-6-11(7-9-20)15(18,19)12-4-3-5-13(16)14(12)17/h3-5,10-11H,6-9H2,1-2H3. The van der Waals surface area contributed by atoms with Crippen LogP contribution in [0.2, 0.25) is 0 Å². The molecule has 1 fully saturated rings. The van der Waals surface area contributed by atoms with Crippen LogP contribution in [-0.4, -0.2) is 24.0 Å². The maximum absolute atomic E-state index is 14.5. The minimum absolute atomic E-state index is 0.0919. The smallest absolute Gasteiger partial charge is 0.278 e. The number of piperidine rings is 1. The SMILES string of the molecule is CC(C)N1CCC(C(F)(F)c2cccc(Br)c2F)CC1. The molecular formula is C15H19BrF3N. The molecule has 0 saturated carbocycles. The van der Waals surface area contributed by atoms with Gasteiger partial charge in [0.2, 0.25) is 0 Å². The van der Waals surface area contributed by atoms with Crippen molar-refractivity contribution >= 4 is 15.9 Å². The molecular weight excluding hydrogens is 331 g/mol. The van der Waals surface area contributed by atoms with Crippen LogP contribution in [0.5, 0.6) is 0 Å². The molecule has 20 heavy (non-hydrogen) atoms. The number of halogens is 4. The van der Waals surface area contributed by atoms with Gasteiger partial charge in [-0.15, -0.1) is 0 Å². The molecule has 1 saturated heterocycles. The molecule has 1 aromatic carbocycles. The lowest BCUT2D eigenvalue weighted by Gasteiger charge is -2.38. The number of hydrogen-bond acceptors (Lipinski definition) is 1. The fourth-order valence-corrected chi connectivity index (χ4v) is 3.13. The Kier molecular flexibility index (Phi) is 4.80. The van der Waals surface area contributed by atoms with Crippen molar-refractivity contribution in [2.75, 3.05) is 13.1 Å². The van der Waals surface area contributed by atoms with Gasteiger partial charge >= 0.3 is 0 Å². The zero-order valence-corrected chi connectivity index (χ0v) is 13.3. The lowest BCUT2D eigenvalue weighted by atomic mass is 9.86. The Morgan fingerprint density at radius 1 is 1.25 bits per heavy atom. The van der Waals surface area contributed by atoms with Crippen molar-refractivity contribution in [1.29, 1.82) is 0 Å². The van der Waals surface area contributed by atoms with E-state index in [0.29, 0.717) is 32.0 Å². The minimum atomic E-state index is -3.11. The van der Waals surface area contributed by atoms with Gasteiger partial charge in [0.25, 0.3) is 5.92 Å². The summed E-state index contributed by atoms with van der Waals surface area (Å²) in [5, 5.41) is 0. The number of nitrogens with zero attached hydrogens (tertiary/aromatic N) is 1. The number of hydrogen-bond donors (Lipinski definition) is 0. The molecule has 0 aliphatic carbocycles.